The van der Waals surface area contributed by atoms with Crippen molar-refractivity contribution in [2.75, 3.05) is 17.7 Å². The molecule has 1 aromatic rings. The number of aromatic nitrogens is 2. The predicted molar refractivity (Wildman–Crippen MR) is 74.2 cm³/mol. The first-order valence-electron chi connectivity index (χ1n) is 5.68. The van der Waals surface area contributed by atoms with Gasteiger partial charge in [-0.1, -0.05) is 23.1 Å². The third kappa shape index (κ3) is 6.50. The molecule has 0 bridgehead atoms. The van der Waals surface area contributed by atoms with Crippen molar-refractivity contribution in [1.82, 2.24) is 10.2 Å². The smallest absolute Gasteiger partial charge is 0.316 e. The number of thioether (sulfide) groups is 1. The number of anilines is 1. The fourth-order valence-corrected chi connectivity index (χ4v) is 2.67. The third-order valence-electron chi connectivity index (χ3n) is 1.78. The highest BCUT2D eigenvalue weighted by molar-refractivity contribution is 8.01. The Labute approximate surface area is 119 Å². The van der Waals surface area contributed by atoms with Crippen LogP contribution in [0.15, 0.2) is 4.34 Å². The molecule has 9 heteroatoms. The number of nitrogens with zero attached hydrogens (tertiary/aromatic N) is 2. The van der Waals surface area contributed by atoms with E-state index in [0.29, 0.717) is 16.1 Å². The van der Waals surface area contributed by atoms with Crippen molar-refractivity contribution in [3.63, 3.8) is 0 Å². The summed E-state index contributed by atoms with van der Waals surface area (Å²) < 4.78 is 5.39. The van der Waals surface area contributed by atoms with Crippen molar-refractivity contribution in [3.05, 3.63) is 0 Å². The summed E-state index contributed by atoms with van der Waals surface area (Å²) in [5, 5.41) is 10.7. The molecule has 0 aliphatic heterocycles. The Morgan fingerprint density at radius 2 is 2.26 bits per heavy atom. The molecule has 1 rings (SSSR count). The lowest BCUT2D eigenvalue weighted by Gasteiger charge is -2.03. The lowest BCUT2D eigenvalue weighted by atomic mass is 10.2. The Morgan fingerprint density at radius 1 is 1.53 bits per heavy atom. The first-order valence-corrected chi connectivity index (χ1v) is 7.48. The van der Waals surface area contributed by atoms with Crippen molar-refractivity contribution < 1.29 is 14.3 Å². The maximum Gasteiger partial charge on any atom is 0.316 e. The Balaban J connectivity index is 2.40. The van der Waals surface area contributed by atoms with Gasteiger partial charge in [-0.15, -0.1) is 10.2 Å². The highest BCUT2D eigenvalue weighted by atomic mass is 32.2. The monoisotopic (exact) mass is 304 g/mol. The number of carbonyl (C=O) groups excluding carboxylic acids is 2. The number of ether oxygens (including phenoxy) is 1. The molecule has 1 unspecified atom stereocenters. The normalized spacial score (nSPS) is 11.9. The molecule has 0 radical (unpaired) electrons. The molecule has 1 atom stereocenters. The summed E-state index contributed by atoms with van der Waals surface area (Å²) in [5.41, 5.74) is 5.51. The number of nitrogens with one attached hydrogen (secondary N) is 1. The van der Waals surface area contributed by atoms with Gasteiger partial charge in [0.15, 0.2) is 4.34 Å². The van der Waals surface area contributed by atoms with Crippen LogP contribution in [0.1, 0.15) is 20.3 Å². The molecule has 0 spiro atoms. The van der Waals surface area contributed by atoms with Crippen LogP contribution in [-0.4, -0.2) is 40.5 Å². The molecule has 0 aliphatic rings. The van der Waals surface area contributed by atoms with Crippen LogP contribution in [0, 0.1) is 0 Å². The van der Waals surface area contributed by atoms with Gasteiger partial charge in [-0.2, -0.15) is 0 Å². The number of carbonyl (C=O) groups is 2. The molecule has 106 valence electrons. The van der Waals surface area contributed by atoms with Crippen LogP contribution in [0.2, 0.25) is 0 Å². The summed E-state index contributed by atoms with van der Waals surface area (Å²) in [4.78, 5) is 22.6. The summed E-state index contributed by atoms with van der Waals surface area (Å²) in [7, 11) is 0. The second kappa shape index (κ2) is 8.08. The van der Waals surface area contributed by atoms with E-state index >= 15 is 0 Å². The quantitative estimate of drug-likeness (QED) is 0.437. The van der Waals surface area contributed by atoms with Crippen LogP contribution in [0.5, 0.6) is 0 Å². The van der Waals surface area contributed by atoms with Crippen LogP contribution in [-0.2, 0) is 14.3 Å². The zero-order valence-electron chi connectivity index (χ0n) is 10.7. The van der Waals surface area contributed by atoms with Gasteiger partial charge in [0.05, 0.1) is 12.4 Å². The lowest BCUT2D eigenvalue weighted by molar-refractivity contribution is -0.139. The summed E-state index contributed by atoms with van der Waals surface area (Å²) >= 11 is 2.43. The van der Waals surface area contributed by atoms with Crippen molar-refractivity contribution in [3.8, 4) is 0 Å². The number of hydrogen-bond acceptors (Lipinski definition) is 8. The molecule has 3 N–H and O–H groups in total. The van der Waals surface area contributed by atoms with Crippen LogP contribution < -0.4 is 11.1 Å². The van der Waals surface area contributed by atoms with Crippen molar-refractivity contribution in [2.24, 2.45) is 5.73 Å². The average molecular weight is 304 g/mol. The minimum absolute atomic E-state index is 0.177. The van der Waals surface area contributed by atoms with E-state index in [0.717, 1.165) is 0 Å². The minimum Gasteiger partial charge on any atom is -0.465 e. The largest absolute Gasteiger partial charge is 0.465 e. The number of amides is 1. The van der Waals surface area contributed by atoms with Gasteiger partial charge in [0.25, 0.3) is 0 Å². The van der Waals surface area contributed by atoms with E-state index in [1.165, 1.54) is 23.1 Å². The van der Waals surface area contributed by atoms with Crippen molar-refractivity contribution >= 4 is 40.1 Å². The highest BCUT2D eigenvalue weighted by Crippen LogP contribution is 2.25. The molecule has 0 aromatic carbocycles. The summed E-state index contributed by atoms with van der Waals surface area (Å²) in [5.74, 6) is -0.325. The SMILES string of the molecule is CCOC(=O)CSc1nnc(NC(=O)CC(C)N)s1. The van der Waals surface area contributed by atoms with E-state index in [1.807, 2.05) is 0 Å². The van der Waals surface area contributed by atoms with Gasteiger partial charge in [-0.05, 0) is 13.8 Å². The van der Waals surface area contributed by atoms with Gasteiger partial charge >= 0.3 is 5.97 Å². The van der Waals surface area contributed by atoms with Crippen molar-refractivity contribution in [2.45, 2.75) is 30.6 Å². The molecule has 0 aliphatic carbocycles. The maximum atomic E-state index is 11.5. The first-order chi connectivity index (χ1) is 9.01. The van der Waals surface area contributed by atoms with Crippen molar-refractivity contribution in [1.29, 1.82) is 0 Å². The molecular weight excluding hydrogens is 288 g/mol. The number of nitrogens with two attached hydrogens (primary N) is 1. The molecule has 0 fully saturated rings. The predicted octanol–water partition coefficient (Wildman–Crippen LogP) is 0.869. The molecule has 1 aromatic heterocycles. The van der Waals surface area contributed by atoms with E-state index in [9.17, 15) is 9.59 Å². The van der Waals surface area contributed by atoms with Crippen LogP contribution in [0.4, 0.5) is 5.13 Å². The summed E-state index contributed by atoms with van der Waals surface area (Å²) in [6, 6.07) is -0.203. The number of esters is 1. The zero-order valence-corrected chi connectivity index (χ0v) is 12.3. The first kappa shape index (κ1) is 15.9. The van der Waals surface area contributed by atoms with E-state index in [2.05, 4.69) is 15.5 Å². The highest BCUT2D eigenvalue weighted by Gasteiger charge is 2.11. The van der Waals surface area contributed by atoms with Crippen LogP contribution >= 0.6 is 23.1 Å². The van der Waals surface area contributed by atoms with Gasteiger partial charge in [0, 0.05) is 12.5 Å². The lowest BCUT2D eigenvalue weighted by Crippen LogP contribution is -2.23. The van der Waals surface area contributed by atoms with Gasteiger partial charge in [0.2, 0.25) is 11.0 Å². The van der Waals surface area contributed by atoms with Gasteiger partial charge in [-0.3, -0.25) is 9.59 Å². The number of hydrogen-bond donors (Lipinski definition) is 2. The van der Waals surface area contributed by atoms with E-state index in [4.69, 9.17) is 10.5 Å². The molecule has 19 heavy (non-hydrogen) atoms. The fourth-order valence-electron chi connectivity index (χ4n) is 1.10. The summed E-state index contributed by atoms with van der Waals surface area (Å²) in [6.45, 7) is 3.86. The van der Waals surface area contributed by atoms with Crippen LogP contribution in [0.3, 0.4) is 0 Å². The third-order valence-corrected chi connectivity index (χ3v) is 3.72. The fraction of sp³-hybridized carbons (Fsp3) is 0.600. The van der Waals surface area contributed by atoms with Gasteiger partial charge < -0.3 is 15.8 Å². The second-order valence-electron chi connectivity index (χ2n) is 3.70. The average Bonchev–Trinajstić information content (AvgIpc) is 2.73. The standard InChI is InChI=1S/C10H16N4O3S2/c1-3-17-8(16)5-18-10-14-13-9(19-10)12-7(15)4-6(2)11/h6H,3-5,11H2,1-2H3,(H,12,13,15). The van der Waals surface area contributed by atoms with Crippen LogP contribution in [0.25, 0.3) is 0 Å². The maximum absolute atomic E-state index is 11.5. The molecular formula is C10H16N4O3S2. The van der Waals surface area contributed by atoms with Gasteiger partial charge in [0.1, 0.15) is 0 Å². The van der Waals surface area contributed by atoms with E-state index in [1.54, 1.807) is 13.8 Å². The summed E-state index contributed by atoms with van der Waals surface area (Å²) in [6.07, 6.45) is 0.227. The minimum atomic E-state index is -0.301. The Hall–Kier alpha value is -1.19. The molecule has 0 saturated heterocycles. The van der Waals surface area contributed by atoms with E-state index in [-0.39, 0.29) is 30.1 Å². The Kier molecular flexibility index (Phi) is 6.74. The molecule has 7 nitrogen and oxygen atoms in total. The zero-order chi connectivity index (χ0) is 14.3. The van der Waals surface area contributed by atoms with E-state index < -0.39 is 0 Å². The molecule has 0 saturated carbocycles. The Morgan fingerprint density at radius 3 is 2.89 bits per heavy atom. The topological polar surface area (TPSA) is 107 Å². The molecule has 1 amide bonds. The number of rotatable bonds is 7. The second-order valence-corrected chi connectivity index (χ2v) is 5.90. The van der Waals surface area contributed by atoms with Gasteiger partial charge in [-0.25, -0.2) is 0 Å². The molecule has 1 heterocycles. The Bertz CT molecular complexity index is 436.